The molecule has 1 aliphatic rings. The van der Waals surface area contributed by atoms with Crippen LogP contribution in [0.1, 0.15) is 30.1 Å². The van der Waals surface area contributed by atoms with Gasteiger partial charge in [-0.25, -0.2) is 4.57 Å². The first-order chi connectivity index (χ1) is 13.6. The molecule has 0 atom stereocenters. The molecule has 29 heavy (non-hydrogen) atoms. The summed E-state index contributed by atoms with van der Waals surface area (Å²) in [5.41, 5.74) is 3.22. The van der Waals surface area contributed by atoms with E-state index in [1.54, 1.807) is 11.8 Å². The van der Waals surface area contributed by atoms with Gasteiger partial charge in [-0.1, -0.05) is 36.9 Å². The van der Waals surface area contributed by atoms with Crippen LogP contribution in [0.15, 0.2) is 52.3 Å². The summed E-state index contributed by atoms with van der Waals surface area (Å²) in [5.74, 6) is 0.204. The number of para-hydroxylation sites is 1. The molecule has 158 valence electrons. The Morgan fingerprint density at radius 1 is 1.07 bits per heavy atom. The third-order valence-corrected chi connectivity index (χ3v) is 5.39. The number of ketones is 1. The van der Waals surface area contributed by atoms with Crippen LogP contribution >= 0.6 is 19.6 Å². The summed E-state index contributed by atoms with van der Waals surface area (Å²) >= 11 is 1.79. The molecule has 3 N–H and O–H groups in total. The van der Waals surface area contributed by atoms with Gasteiger partial charge < -0.3 is 24.5 Å². The number of fused-ring (bicyclic) bond motifs is 2. The molecule has 0 unspecified atom stereocenters. The minimum atomic E-state index is -4.64. The van der Waals surface area contributed by atoms with Gasteiger partial charge in [-0.3, -0.25) is 4.79 Å². The fourth-order valence-electron chi connectivity index (χ4n) is 2.99. The molecule has 7 nitrogen and oxygen atoms in total. The zero-order valence-corrected chi connectivity index (χ0v) is 18.5. The van der Waals surface area contributed by atoms with Crippen molar-refractivity contribution in [2.75, 3.05) is 32.1 Å². The van der Waals surface area contributed by atoms with Gasteiger partial charge in [0.2, 0.25) is 0 Å². The summed E-state index contributed by atoms with van der Waals surface area (Å²) in [6.07, 6.45) is 1.63. The SMILES string of the molecule is CCC(=O)c1ccc2c(c1)N(CCCN(C)C)c1ccccc1S2.O=P(O)(O)O. The smallest absolute Gasteiger partial charge is 0.340 e. The van der Waals surface area contributed by atoms with Crippen molar-refractivity contribution in [2.24, 2.45) is 0 Å². The lowest BCUT2D eigenvalue weighted by Crippen LogP contribution is -2.25. The lowest BCUT2D eigenvalue weighted by Gasteiger charge is -2.33. The van der Waals surface area contributed by atoms with Gasteiger partial charge in [0.25, 0.3) is 0 Å². The van der Waals surface area contributed by atoms with E-state index >= 15 is 0 Å². The van der Waals surface area contributed by atoms with Crippen molar-refractivity contribution < 1.29 is 24.0 Å². The van der Waals surface area contributed by atoms with Crippen LogP contribution in [0.2, 0.25) is 0 Å². The zero-order chi connectivity index (χ0) is 21.6. The van der Waals surface area contributed by atoms with Crippen molar-refractivity contribution >= 4 is 36.7 Å². The molecule has 1 aliphatic heterocycles. The maximum absolute atomic E-state index is 12.1. The number of hydrogen-bond donors (Lipinski definition) is 3. The summed E-state index contributed by atoms with van der Waals surface area (Å²) < 4.78 is 8.88. The maximum Gasteiger partial charge on any atom is 0.466 e. The van der Waals surface area contributed by atoms with Crippen LogP contribution in [0.5, 0.6) is 0 Å². The van der Waals surface area contributed by atoms with E-state index in [-0.39, 0.29) is 5.78 Å². The van der Waals surface area contributed by atoms with Crippen LogP contribution < -0.4 is 4.90 Å². The molecule has 9 heteroatoms. The zero-order valence-electron chi connectivity index (χ0n) is 16.8. The quantitative estimate of drug-likeness (QED) is 0.461. The van der Waals surface area contributed by atoms with Crippen LogP contribution in [0.3, 0.4) is 0 Å². The van der Waals surface area contributed by atoms with Gasteiger partial charge in [0.15, 0.2) is 5.78 Å². The minimum absolute atomic E-state index is 0.204. The Labute approximate surface area is 175 Å². The molecule has 0 radical (unpaired) electrons. The molecule has 0 amide bonds. The number of anilines is 2. The Morgan fingerprint density at radius 3 is 2.31 bits per heavy atom. The number of benzene rings is 2. The van der Waals surface area contributed by atoms with Crippen molar-refractivity contribution in [1.82, 2.24) is 4.90 Å². The molecule has 0 bridgehead atoms. The summed E-state index contributed by atoms with van der Waals surface area (Å²) in [7, 11) is -0.433. The third-order valence-electron chi connectivity index (χ3n) is 4.26. The molecule has 1 heterocycles. The number of phosphoric acid groups is 1. The Bertz CT molecular complexity index is 892. The van der Waals surface area contributed by atoms with Crippen LogP contribution in [-0.4, -0.2) is 52.5 Å². The van der Waals surface area contributed by atoms with Crippen molar-refractivity contribution in [1.29, 1.82) is 0 Å². The molecular formula is C20H27N2O5PS. The molecule has 0 saturated heterocycles. The summed E-state index contributed by atoms with van der Waals surface area (Å²) in [6, 6.07) is 14.7. The normalized spacial score (nSPS) is 12.7. The predicted molar refractivity (Wildman–Crippen MR) is 116 cm³/mol. The molecule has 0 spiro atoms. The molecule has 0 saturated carbocycles. The van der Waals surface area contributed by atoms with Crippen LogP contribution in [-0.2, 0) is 4.57 Å². The fraction of sp³-hybridized carbons (Fsp3) is 0.350. The average molecular weight is 438 g/mol. The molecule has 2 aromatic carbocycles. The lowest BCUT2D eigenvalue weighted by atomic mass is 10.1. The number of Topliss-reactive ketones (excluding diaryl/α,β-unsaturated/α-hetero) is 1. The number of carbonyl (C=O) groups is 1. The number of hydrogen-bond acceptors (Lipinski definition) is 5. The number of nitrogens with zero attached hydrogens (tertiary/aromatic N) is 2. The first kappa shape index (κ1) is 23.6. The standard InChI is InChI=1S/C20H24N2OS.H3O4P/c1-4-18(23)15-10-11-20-17(14-15)22(13-7-12-21(2)3)16-8-5-6-9-19(16)24-20;1-5(2,3)4/h5-6,8-11,14H,4,7,12-13H2,1-3H3;(H3,1,2,3,4). The van der Waals surface area contributed by atoms with Crippen LogP contribution in [0.25, 0.3) is 0 Å². The van der Waals surface area contributed by atoms with Gasteiger partial charge in [0, 0.05) is 28.3 Å². The molecule has 2 aromatic rings. The molecule has 0 fully saturated rings. The predicted octanol–water partition coefficient (Wildman–Crippen LogP) is 3.91. The number of rotatable bonds is 6. The average Bonchev–Trinajstić information content (AvgIpc) is 2.65. The third kappa shape index (κ3) is 7.26. The van der Waals surface area contributed by atoms with Crippen molar-refractivity contribution in [2.45, 2.75) is 29.6 Å². The van der Waals surface area contributed by atoms with E-state index in [9.17, 15) is 4.79 Å². The highest BCUT2D eigenvalue weighted by molar-refractivity contribution is 7.99. The van der Waals surface area contributed by atoms with Crippen molar-refractivity contribution in [3.05, 3.63) is 48.0 Å². The van der Waals surface area contributed by atoms with E-state index < -0.39 is 7.82 Å². The van der Waals surface area contributed by atoms with Gasteiger partial charge in [-0.15, -0.1) is 0 Å². The monoisotopic (exact) mass is 438 g/mol. The van der Waals surface area contributed by atoms with Crippen molar-refractivity contribution in [3.63, 3.8) is 0 Å². The Morgan fingerprint density at radius 2 is 1.69 bits per heavy atom. The highest BCUT2D eigenvalue weighted by atomic mass is 32.2. The van der Waals surface area contributed by atoms with E-state index in [0.29, 0.717) is 6.42 Å². The van der Waals surface area contributed by atoms with E-state index in [4.69, 9.17) is 19.2 Å². The van der Waals surface area contributed by atoms with E-state index in [2.05, 4.69) is 60.3 Å². The molecule has 3 rings (SSSR count). The maximum atomic E-state index is 12.1. The van der Waals surface area contributed by atoms with Gasteiger partial charge in [0.05, 0.1) is 11.4 Å². The van der Waals surface area contributed by atoms with Gasteiger partial charge in [0.1, 0.15) is 0 Å². The highest BCUT2D eigenvalue weighted by Crippen LogP contribution is 2.48. The van der Waals surface area contributed by atoms with E-state index in [1.807, 2.05) is 13.0 Å². The first-order valence-corrected chi connectivity index (χ1v) is 11.6. The van der Waals surface area contributed by atoms with Gasteiger partial charge >= 0.3 is 7.82 Å². The highest BCUT2D eigenvalue weighted by Gasteiger charge is 2.23. The second-order valence-electron chi connectivity index (χ2n) is 6.85. The van der Waals surface area contributed by atoms with Crippen LogP contribution in [0, 0.1) is 0 Å². The van der Waals surface area contributed by atoms with E-state index in [0.717, 1.165) is 30.8 Å². The Balaban J connectivity index is 0.000000537. The Hall–Kier alpha value is -1.67. The largest absolute Gasteiger partial charge is 0.466 e. The fourth-order valence-corrected chi connectivity index (χ4v) is 4.07. The minimum Gasteiger partial charge on any atom is -0.340 e. The lowest BCUT2D eigenvalue weighted by molar-refractivity contribution is 0.0988. The van der Waals surface area contributed by atoms with Crippen LogP contribution in [0.4, 0.5) is 11.4 Å². The number of carbonyl (C=O) groups excluding carboxylic acids is 1. The second kappa shape index (κ2) is 10.4. The Kier molecular flexibility index (Phi) is 8.46. The van der Waals surface area contributed by atoms with Crippen molar-refractivity contribution in [3.8, 4) is 0 Å². The topological polar surface area (TPSA) is 101 Å². The summed E-state index contributed by atoms with van der Waals surface area (Å²) in [6.45, 7) is 3.92. The first-order valence-electron chi connectivity index (χ1n) is 9.25. The second-order valence-corrected chi connectivity index (χ2v) is 8.96. The van der Waals surface area contributed by atoms with Gasteiger partial charge in [-0.2, -0.15) is 0 Å². The summed E-state index contributed by atoms with van der Waals surface area (Å²) in [5, 5.41) is 0. The summed E-state index contributed by atoms with van der Waals surface area (Å²) in [4.78, 5) is 40.8. The van der Waals surface area contributed by atoms with Gasteiger partial charge in [-0.05, 0) is 51.3 Å². The molecular weight excluding hydrogens is 411 g/mol. The van der Waals surface area contributed by atoms with E-state index in [1.165, 1.54) is 15.5 Å². The molecule has 0 aliphatic carbocycles. The molecule has 0 aromatic heterocycles.